The molecule has 2 unspecified atom stereocenters. The van der Waals surface area contributed by atoms with E-state index in [1.165, 1.54) is 7.11 Å². The van der Waals surface area contributed by atoms with Crippen molar-refractivity contribution in [3.05, 3.63) is 29.8 Å². The number of carbonyl (C=O) groups excluding carboxylic acids is 3. The number of piperazine rings is 1. The smallest absolute Gasteiger partial charge is 0.337 e. The Balaban J connectivity index is 1.56. The van der Waals surface area contributed by atoms with Crippen LogP contribution in [0.25, 0.3) is 0 Å². The fourth-order valence-corrected chi connectivity index (χ4v) is 4.50. The molecule has 8 heteroatoms. The Morgan fingerprint density at radius 1 is 1.07 bits per heavy atom. The summed E-state index contributed by atoms with van der Waals surface area (Å²) in [5.41, 5.74) is 6.99. The second-order valence-corrected chi connectivity index (χ2v) is 8.25. The van der Waals surface area contributed by atoms with Gasteiger partial charge in [-0.05, 0) is 51.0 Å². The number of amides is 2. The van der Waals surface area contributed by atoms with Crippen molar-refractivity contribution in [3.63, 3.8) is 0 Å². The Morgan fingerprint density at radius 2 is 1.70 bits per heavy atom. The highest BCUT2D eigenvalue weighted by Gasteiger charge is 2.34. The first kappa shape index (κ1) is 22.1. The quantitative estimate of drug-likeness (QED) is 0.722. The van der Waals surface area contributed by atoms with E-state index < -0.39 is 0 Å². The van der Waals surface area contributed by atoms with Gasteiger partial charge in [0.15, 0.2) is 0 Å². The van der Waals surface area contributed by atoms with Crippen LogP contribution in [0, 0.1) is 5.92 Å². The average molecular weight is 417 g/mol. The third-order valence-electron chi connectivity index (χ3n) is 6.40. The Bertz CT molecular complexity index is 774. The lowest BCUT2D eigenvalue weighted by atomic mass is 9.95. The number of carbonyl (C=O) groups is 3. The van der Waals surface area contributed by atoms with Gasteiger partial charge in [0.2, 0.25) is 11.8 Å². The number of piperidine rings is 1. The summed E-state index contributed by atoms with van der Waals surface area (Å²) < 4.78 is 4.75. The zero-order chi connectivity index (χ0) is 21.8. The third-order valence-corrected chi connectivity index (χ3v) is 6.40. The van der Waals surface area contributed by atoms with Gasteiger partial charge in [-0.15, -0.1) is 0 Å². The lowest BCUT2D eigenvalue weighted by Crippen LogP contribution is -2.59. The Hall–Kier alpha value is -2.61. The van der Waals surface area contributed by atoms with E-state index in [1.807, 2.05) is 24.0 Å². The Kier molecular flexibility index (Phi) is 6.97. The van der Waals surface area contributed by atoms with Crippen LogP contribution >= 0.6 is 0 Å². The van der Waals surface area contributed by atoms with Gasteiger partial charge in [-0.2, -0.15) is 0 Å². The largest absolute Gasteiger partial charge is 0.465 e. The molecular formula is C22H32N4O4. The summed E-state index contributed by atoms with van der Waals surface area (Å²) in [5, 5.41) is 0. The molecular weight excluding hydrogens is 384 g/mol. The summed E-state index contributed by atoms with van der Waals surface area (Å²) in [6.45, 7) is 7.69. The highest BCUT2D eigenvalue weighted by atomic mass is 16.5. The fraction of sp³-hybridized carbons (Fsp3) is 0.591. The minimum absolute atomic E-state index is 0.114. The molecule has 0 bridgehead atoms. The number of nitrogens with two attached hydrogens (primary N) is 1. The summed E-state index contributed by atoms with van der Waals surface area (Å²) >= 11 is 0. The van der Waals surface area contributed by atoms with Crippen LogP contribution in [0.5, 0.6) is 0 Å². The summed E-state index contributed by atoms with van der Waals surface area (Å²) in [6.07, 6.45) is 1.30. The number of esters is 1. The van der Waals surface area contributed by atoms with Crippen molar-refractivity contribution in [2.75, 3.05) is 44.7 Å². The molecule has 3 rings (SSSR count). The molecule has 8 nitrogen and oxygen atoms in total. The van der Waals surface area contributed by atoms with Crippen molar-refractivity contribution in [1.82, 2.24) is 9.80 Å². The number of likely N-dealkylation sites (tertiary alicyclic amines) is 1. The van der Waals surface area contributed by atoms with Gasteiger partial charge in [0.1, 0.15) is 0 Å². The van der Waals surface area contributed by atoms with Crippen molar-refractivity contribution in [2.24, 2.45) is 11.7 Å². The molecule has 1 aromatic rings. The number of hydrogen-bond donors (Lipinski definition) is 1. The van der Waals surface area contributed by atoms with E-state index in [-0.39, 0.29) is 35.8 Å². The SMILES string of the molecule is COC(=O)c1ccc(N2CCN(C(C)C(=O)N3CCC(C(N)=O)CC3)C(C)C2)cc1. The molecule has 0 saturated carbocycles. The standard InChI is InChI=1S/C22H32N4O4/c1-15-14-25(19-6-4-18(5-7-19)22(29)30-3)12-13-26(15)16(2)21(28)24-10-8-17(9-11-24)20(23)27/h4-7,15-17H,8-14H2,1-3H3,(H2,23,27). The fourth-order valence-electron chi connectivity index (χ4n) is 4.50. The van der Waals surface area contributed by atoms with Gasteiger partial charge >= 0.3 is 5.97 Å². The summed E-state index contributed by atoms with van der Waals surface area (Å²) in [5.74, 6) is -0.593. The zero-order valence-corrected chi connectivity index (χ0v) is 18.0. The molecule has 2 aliphatic heterocycles. The van der Waals surface area contributed by atoms with E-state index in [1.54, 1.807) is 12.1 Å². The Morgan fingerprint density at radius 3 is 2.23 bits per heavy atom. The predicted octanol–water partition coefficient (Wildman–Crippen LogP) is 1.10. The van der Waals surface area contributed by atoms with Crippen LogP contribution in [0.1, 0.15) is 37.0 Å². The van der Waals surface area contributed by atoms with Crippen molar-refractivity contribution < 1.29 is 19.1 Å². The van der Waals surface area contributed by atoms with Crippen molar-refractivity contribution in [1.29, 1.82) is 0 Å². The molecule has 2 heterocycles. The van der Waals surface area contributed by atoms with Gasteiger partial charge in [-0.25, -0.2) is 4.79 Å². The van der Waals surface area contributed by atoms with Crippen LogP contribution in [-0.2, 0) is 14.3 Å². The van der Waals surface area contributed by atoms with E-state index in [9.17, 15) is 14.4 Å². The molecule has 2 amide bonds. The normalized spacial score (nSPS) is 21.9. The minimum atomic E-state index is -0.341. The lowest BCUT2D eigenvalue weighted by molar-refractivity contribution is -0.140. The zero-order valence-electron chi connectivity index (χ0n) is 18.0. The number of ether oxygens (including phenoxy) is 1. The monoisotopic (exact) mass is 416 g/mol. The van der Waals surface area contributed by atoms with Crippen LogP contribution < -0.4 is 10.6 Å². The first-order valence-electron chi connectivity index (χ1n) is 10.6. The molecule has 0 aromatic heterocycles. The number of methoxy groups -OCH3 is 1. The van der Waals surface area contributed by atoms with Crippen LogP contribution in [0.4, 0.5) is 5.69 Å². The molecule has 30 heavy (non-hydrogen) atoms. The van der Waals surface area contributed by atoms with Gasteiger partial charge in [-0.3, -0.25) is 14.5 Å². The number of hydrogen-bond acceptors (Lipinski definition) is 6. The highest BCUT2D eigenvalue weighted by Crippen LogP contribution is 2.23. The van der Waals surface area contributed by atoms with Crippen molar-refractivity contribution >= 4 is 23.5 Å². The van der Waals surface area contributed by atoms with E-state index in [4.69, 9.17) is 10.5 Å². The molecule has 2 atom stereocenters. The number of primary amides is 1. The molecule has 0 aliphatic carbocycles. The first-order valence-corrected chi connectivity index (χ1v) is 10.6. The van der Waals surface area contributed by atoms with Crippen molar-refractivity contribution in [3.8, 4) is 0 Å². The van der Waals surface area contributed by atoms with Crippen molar-refractivity contribution in [2.45, 2.75) is 38.8 Å². The van der Waals surface area contributed by atoms with Gasteiger partial charge < -0.3 is 20.3 Å². The van der Waals surface area contributed by atoms with Gasteiger partial charge in [0, 0.05) is 50.4 Å². The molecule has 1 aromatic carbocycles. The van der Waals surface area contributed by atoms with Crippen LogP contribution in [0.3, 0.4) is 0 Å². The molecule has 164 valence electrons. The Labute approximate surface area is 177 Å². The first-order chi connectivity index (χ1) is 14.3. The van der Waals surface area contributed by atoms with Crippen LogP contribution in [-0.4, -0.2) is 79.5 Å². The molecule has 2 N–H and O–H groups in total. The molecule has 0 spiro atoms. The second kappa shape index (κ2) is 9.47. The summed E-state index contributed by atoms with van der Waals surface area (Å²) in [6, 6.07) is 7.44. The predicted molar refractivity (Wildman–Crippen MR) is 114 cm³/mol. The highest BCUT2D eigenvalue weighted by molar-refractivity contribution is 5.89. The number of anilines is 1. The van der Waals surface area contributed by atoms with Gasteiger partial charge in [-0.1, -0.05) is 0 Å². The van der Waals surface area contributed by atoms with E-state index >= 15 is 0 Å². The molecule has 2 saturated heterocycles. The maximum absolute atomic E-state index is 13.0. The van der Waals surface area contributed by atoms with E-state index in [2.05, 4.69) is 16.7 Å². The van der Waals surface area contributed by atoms with Crippen LogP contribution in [0.2, 0.25) is 0 Å². The minimum Gasteiger partial charge on any atom is -0.465 e. The summed E-state index contributed by atoms with van der Waals surface area (Å²) in [4.78, 5) is 42.4. The number of nitrogens with zero attached hydrogens (tertiary/aromatic N) is 3. The molecule has 2 aliphatic rings. The summed E-state index contributed by atoms with van der Waals surface area (Å²) in [7, 11) is 1.37. The molecule has 0 radical (unpaired) electrons. The average Bonchev–Trinajstić information content (AvgIpc) is 2.77. The van der Waals surface area contributed by atoms with Crippen LogP contribution in [0.15, 0.2) is 24.3 Å². The number of rotatable bonds is 5. The van der Waals surface area contributed by atoms with Gasteiger partial charge in [0.05, 0.1) is 18.7 Å². The van der Waals surface area contributed by atoms with E-state index in [0.29, 0.717) is 31.5 Å². The lowest BCUT2D eigenvalue weighted by Gasteiger charge is -2.44. The third kappa shape index (κ3) is 4.75. The maximum Gasteiger partial charge on any atom is 0.337 e. The second-order valence-electron chi connectivity index (χ2n) is 8.25. The topological polar surface area (TPSA) is 96.2 Å². The molecule has 2 fully saturated rings. The number of benzene rings is 1. The van der Waals surface area contributed by atoms with Gasteiger partial charge in [0.25, 0.3) is 0 Å². The van der Waals surface area contributed by atoms with E-state index in [0.717, 1.165) is 25.3 Å². The maximum atomic E-state index is 13.0.